The first-order valence-electron chi connectivity index (χ1n) is 8.20. The minimum atomic E-state index is -5.56. The molecule has 2 rings (SSSR count). The average molecular weight is 540 g/mol. The van der Waals surface area contributed by atoms with Gasteiger partial charge in [0.25, 0.3) is 5.56 Å². The van der Waals surface area contributed by atoms with Gasteiger partial charge in [0.15, 0.2) is 11.8 Å². The van der Waals surface area contributed by atoms with E-state index in [0.717, 1.165) is 16.8 Å². The molecule has 1 aliphatic heterocycles. The van der Waals surface area contributed by atoms with Gasteiger partial charge < -0.3 is 39.0 Å². The number of H-pyrrole nitrogens is 1. The van der Waals surface area contributed by atoms with Gasteiger partial charge in [-0.3, -0.25) is 14.3 Å². The molecule has 1 unspecified atom stereocenters. The Morgan fingerprint density at radius 2 is 1.91 bits per heavy atom. The first-order chi connectivity index (χ1) is 14.4. The van der Waals surface area contributed by atoms with Crippen molar-refractivity contribution in [2.75, 3.05) is 6.61 Å². The van der Waals surface area contributed by atoms with Gasteiger partial charge in [0.1, 0.15) is 12.2 Å². The summed E-state index contributed by atoms with van der Waals surface area (Å²) in [5.74, 6) is 0. The second kappa shape index (κ2) is 9.41. The molecule has 1 aromatic heterocycles. The summed E-state index contributed by atoms with van der Waals surface area (Å²) in [4.78, 5) is 61.6. The third-order valence-corrected chi connectivity index (χ3v) is 8.81. The molecule has 0 radical (unpaired) electrons. The Morgan fingerprint density at radius 1 is 1.31 bits per heavy atom. The van der Waals surface area contributed by atoms with Gasteiger partial charge in [-0.2, -0.15) is 4.31 Å². The number of rotatable bonds is 9. The maximum Gasteiger partial charge on any atom is 0.488 e. The molecule has 1 aromatic rings. The summed E-state index contributed by atoms with van der Waals surface area (Å²) in [7, 11) is -11.1. The summed E-state index contributed by atoms with van der Waals surface area (Å²) in [5.41, 5.74) is -4.11. The van der Waals surface area contributed by atoms with Crippen molar-refractivity contribution < 1.29 is 56.8 Å². The molecule has 16 nitrogen and oxygen atoms in total. The van der Waals surface area contributed by atoms with Gasteiger partial charge in [0.2, 0.25) is 0 Å². The first-order valence-corrected chi connectivity index (χ1v) is 13.8. The Morgan fingerprint density at radius 3 is 2.41 bits per heavy atom. The van der Waals surface area contributed by atoms with Gasteiger partial charge >= 0.3 is 28.1 Å². The lowest BCUT2D eigenvalue weighted by Crippen LogP contribution is -2.49. The Hall–Kier alpha value is -0.870. The molecule has 32 heavy (non-hydrogen) atoms. The minimum Gasteiger partial charge on any atom is -0.387 e. The van der Waals surface area contributed by atoms with E-state index in [-0.39, 0.29) is 5.57 Å². The molecule has 0 amide bonds. The molecule has 2 heterocycles. The zero-order chi connectivity index (χ0) is 24.7. The molecule has 0 bridgehead atoms. The Bertz CT molecular complexity index is 1140. The average Bonchev–Trinajstić information content (AvgIpc) is 2.83. The van der Waals surface area contributed by atoms with E-state index in [1.807, 2.05) is 4.98 Å². The lowest BCUT2D eigenvalue weighted by Gasteiger charge is -2.32. The molecule has 20 heteroatoms. The SMILES string of the molecule is C=C(C)[C@@]1(O)[C@H](O)[C@@H](CO[P@](O)(=S)OP(=O)(O)OP(=O)(O)O)O[C@H]1n1ccc(=O)[nH]c1=O. The predicted octanol–water partition coefficient (Wildman–Crippen LogP) is -1.44. The highest BCUT2D eigenvalue weighted by atomic mass is 32.5. The van der Waals surface area contributed by atoms with E-state index in [2.05, 4.69) is 27.0 Å². The maximum atomic E-state index is 12.1. The molecule has 0 aliphatic carbocycles. The summed E-state index contributed by atoms with van der Waals surface area (Å²) in [6, 6.07) is 0.945. The van der Waals surface area contributed by atoms with Gasteiger partial charge in [0, 0.05) is 12.3 Å². The molecular formula is C12H19N2O14P3S. The first kappa shape index (κ1) is 27.4. The summed E-state index contributed by atoms with van der Waals surface area (Å²) in [6.07, 6.45) is -4.05. The second-order valence-electron chi connectivity index (χ2n) is 6.48. The van der Waals surface area contributed by atoms with Crippen molar-refractivity contribution in [3.63, 3.8) is 0 Å². The van der Waals surface area contributed by atoms with Crippen LogP contribution in [0.25, 0.3) is 0 Å². The molecule has 1 aliphatic rings. The van der Waals surface area contributed by atoms with Crippen LogP contribution in [0.3, 0.4) is 0 Å². The van der Waals surface area contributed by atoms with Crippen molar-refractivity contribution in [2.45, 2.75) is 31.0 Å². The predicted molar refractivity (Wildman–Crippen MR) is 107 cm³/mol. The Kier molecular flexibility index (Phi) is 8.05. The van der Waals surface area contributed by atoms with Crippen molar-refractivity contribution >= 4 is 34.2 Å². The number of aliphatic hydroxyl groups is 2. The number of phosphoric acid groups is 2. The zero-order valence-corrected chi connectivity index (χ0v) is 19.4. The van der Waals surface area contributed by atoms with Crippen molar-refractivity contribution in [1.82, 2.24) is 9.55 Å². The molecule has 1 saturated heterocycles. The van der Waals surface area contributed by atoms with E-state index in [0.29, 0.717) is 0 Å². The van der Waals surface area contributed by atoms with Crippen molar-refractivity contribution in [3.8, 4) is 0 Å². The summed E-state index contributed by atoms with van der Waals surface area (Å²) in [5, 5.41) is 21.5. The van der Waals surface area contributed by atoms with Crippen LogP contribution in [0.1, 0.15) is 13.2 Å². The molecular weight excluding hydrogens is 521 g/mol. The zero-order valence-electron chi connectivity index (χ0n) is 15.9. The number of aromatic amines is 1. The van der Waals surface area contributed by atoms with Crippen LogP contribution in [-0.2, 0) is 38.8 Å². The fraction of sp³-hybridized carbons (Fsp3) is 0.500. The highest BCUT2D eigenvalue weighted by Crippen LogP contribution is 2.66. The number of aliphatic hydroxyl groups excluding tert-OH is 1. The van der Waals surface area contributed by atoms with Gasteiger partial charge in [-0.1, -0.05) is 6.58 Å². The molecule has 6 atom stereocenters. The molecule has 0 spiro atoms. The van der Waals surface area contributed by atoms with Crippen LogP contribution in [0.15, 0.2) is 34.0 Å². The monoisotopic (exact) mass is 540 g/mol. The van der Waals surface area contributed by atoms with Crippen LogP contribution >= 0.6 is 22.4 Å². The highest BCUT2D eigenvalue weighted by Gasteiger charge is 2.57. The van der Waals surface area contributed by atoms with E-state index < -0.39 is 64.3 Å². The van der Waals surface area contributed by atoms with Crippen LogP contribution in [0.5, 0.6) is 0 Å². The van der Waals surface area contributed by atoms with Crippen LogP contribution in [-0.4, -0.2) is 63.8 Å². The van der Waals surface area contributed by atoms with E-state index in [9.17, 15) is 38.7 Å². The fourth-order valence-corrected chi connectivity index (χ4v) is 6.70. The van der Waals surface area contributed by atoms with Crippen LogP contribution in [0, 0.1) is 0 Å². The third kappa shape index (κ3) is 6.38. The minimum absolute atomic E-state index is 0.0646. The smallest absolute Gasteiger partial charge is 0.387 e. The standard InChI is InChI=1S/C12H19N2O14P3S/c1-6(2)12(18)9(16)7(26-10(12)14-4-3-8(15)13-11(14)17)5-25-31(24,32)28-30(22,23)27-29(19,20)21/h3-4,7,9-10,16,18H,1,5H2,2H3,(H,22,23)(H,24,32)(H,13,15,17)(H2,19,20,21)/t7-,9-,10-,12-,31+/m1/s1. The van der Waals surface area contributed by atoms with Crippen LogP contribution < -0.4 is 11.2 Å². The molecule has 7 N–H and O–H groups in total. The Balaban J connectivity index is 2.24. The van der Waals surface area contributed by atoms with Gasteiger partial charge in [-0.25, -0.2) is 18.2 Å². The largest absolute Gasteiger partial charge is 0.488 e. The van der Waals surface area contributed by atoms with Crippen LogP contribution in [0.2, 0.25) is 0 Å². The molecule has 0 saturated carbocycles. The van der Waals surface area contributed by atoms with E-state index in [1.54, 1.807) is 0 Å². The van der Waals surface area contributed by atoms with E-state index in [4.69, 9.17) is 19.0 Å². The van der Waals surface area contributed by atoms with E-state index >= 15 is 0 Å². The number of nitrogens with one attached hydrogen (secondary N) is 1. The lowest BCUT2D eigenvalue weighted by molar-refractivity contribution is -0.0869. The summed E-state index contributed by atoms with van der Waals surface area (Å²) in [6.45, 7) is -0.757. The summed E-state index contributed by atoms with van der Waals surface area (Å²) < 4.78 is 40.7. The second-order valence-corrected chi connectivity index (χ2v) is 12.3. The quantitative estimate of drug-likeness (QED) is 0.140. The number of ether oxygens (including phenoxy) is 1. The maximum absolute atomic E-state index is 12.1. The molecule has 1 fully saturated rings. The van der Waals surface area contributed by atoms with Crippen molar-refractivity contribution in [1.29, 1.82) is 0 Å². The third-order valence-electron chi connectivity index (χ3n) is 4.09. The van der Waals surface area contributed by atoms with Gasteiger partial charge in [-0.15, -0.1) is 0 Å². The normalized spacial score (nSPS) is 29.9. The molecule has 0 aromatic carbocycles. The topological polar surface area (TPSA) is 247 Å². The number of hydrogen-bond acceptors (Lipinski definition) is 11. The fourth-order valence-electron chi connectivity index (χ4n) is 2.73. The van der Waals surface area contributed by atoms with Gasteiger partial charge in [-0.05, 0) is 24.3 Å². The van der Waals surface area contributed by atoms with Crippen LogP contribution in [0.4, 0.5) is 0 Å². The van der Waals surface area contributed by atoms with Crippen molar-refractivity contribution in [3.05, 3.63) is 45.3 Å². The lowest BCUT2D eigenvalue weighted by atomic mass is 9.87. The number of aromatic nitrogens is 2. The number of hydrogen-bond donors (Lipinski definition) is 7. The Labute approximate surface area is 183 Å². The van der Waals surface area contributed by atoms with E-state index in [1.165, 1.54) is 6.92 Å². The highest BCUT2D eigenvalue weighted by molar-refractivity contribution is 8.08. The van der Waals surface area contributed by atoms with Crippen molar-refractivity contribution in [2.24, 2.45) is 0 Å². The summed E-state index contributed by atoms with van der Waals surface area (Å²) >= 11 is 4.47. The number of nitrogens with zero attached hydrogens (tertiary/aromatic N) is 1. The van der Waals surface area contributed by atoms with Gasteiger partial charge in [0.05, 0.1) is 6.61 Å². The molecule has 182 valence electrons.